The fourth-order valence-electron chi connectivity index (χ4n) is 6.14. The summed E-state index contributed by atoms with van der Waals surface area (Å²) in [5.74, 6) is -0.568. The van der Waals surface area contributed by atoms with Gasteiger partial charge in [0.2, 0.25) is 0 Å². The lowest BCUT2D eigenvalue weighted by atomic mass is 9.78. The van der Waals surface area contributed by atoms with Gasteiger partial charge in [-0.05, 0) is 39.4 Å². The van der Waals surface area contributed by atoms with Crippen LogP contribution < -0.4 is 0 Å². The predicted octanol–water partition coefficient (Wildman–Crippen LogP) is 8.59. The van der Waals surface area contributed by atoms with Gasteiger partial charge in [-0.1, -0.05) is 127 Å². The Kier molecular flexibility index (Phi) is 5.80. The van der Waals surface area contributed by atoms with Crippen molar-refractivity contribution >= 4 is 49.7 Å². The van der Waals surface area contributed by atoms with E-state index in [1.54, 1.807) is 24.3 Å². The van der Waals surface area contributed by atoms with Gasteiger partial charge in [0.15, 0.2) is 17.3 Å². The molecule has 0 aliphatic rings. The van der Waals surface area contributed by atoms with Gasteiger partial charge in [0.05, 0.1) is 0 Å². The molecule has 0 saturated heterocycles. The quantitative estimate of drug-likeness (QED) is 0.160. The summed E-state index contributed by atoms with van der Waals surface area (Å²) < 4.78 is 0. The minimum Gasteiger partial charge on any atom is -0.289 e. The molecule has 8 aromatic rings. The van der Waals surface area contributed by atoms with Crippen LogP contribution in [0.15, 0.2) is 127 Å². The summed E-state index contributed by atoms with van der Waals surface area (Å²) in [7, 11) is 0. The summed E-state index contributed by atoms with van der Waals surface area (Å²) in [6.07, 6.45) is 0. The van der Waals surface area contributed by atoms with Gasteiger partial charge in [-0.15, -0.1) is 0 Å². The van der Waals surface area contributed by atoms with E-state index in [-0.39, 0.29) is 17.3 Å². The van der Waals surface area contributed by atoms with Gasteiger partial charge in [0, 0.05) is 38.8 Å². The number of carbonyl (C=O) groups is 3. The molecule has 3 nitrogen and oxygen atoms in total. The monoisotopic (exact) mass is 528 g/mol. The molecule has 194 valence electrons. The van der Waals surface area contributed by atoms with Crippen LogP contribution in [0.5, 0.6) is 0 Å². The van der Waals surface area contributed by atoms with Crippen molar-refractivity contribution in [3.05, 3.63) is 166 Å². The largest absolute Gasteiger partial charge is 0.289 e. The maximum absolute atomic E-state index is 14.3. The second-order valence-corrected chi connectivity index (χ2v) is 10.3. The van der Waals surface area contributed by atoms with Crippen LogP contribution in [0.2, 0.25) is 0 Å². The summed E-state index contributed by atoms with van der Waals surface area (Å²) >= 11 is 0. The van der Waals surface area contributed by atoms with E-state index in [4.69, 9.17) is 0 Å². The van der Waals surface area contributed by atoms with E-state index in [0.29, 0.717) is 44.2 Å². The van der Waals surface area contributed by atoms with Crippen LogP contribution in [0.4, 0.5) is 0 Å². The number of hydrogen-bond acceptors (Lipinski definition) is 3. The van der Waals surface area contributed by atoms with Crippen molar-refractivity contribution in [1.29, 1.82) is 0 Å². The second-order valence-electron chi connectivity index (χ2n) is 10.3. The smallest absolute Gasteiger partial charge is 0.194 e. The SMILES string of the molecule is Cc1c2ccccc2c(C(=O)c2ccccc2)c2c3ccc(c(C(=O)c4ccccc4)c3C(=O)c3ccccc3)c12. The van der Waals surface area contributed by atoms with E-state index in [1.807, 2.05) is 110 Å². The summed E-state index contributed by atoms with van der Waals surface area (Å²) in [4.78, 5) is 42.8. The van der Waals surface area contributed by atoms with Gasteiger partial charge in [0.25, 0.3) is 0 Å². The molecule has 0 aromatic heterocycles. The van der Waals surface area contributed by atoms with Crippen molar-refractivity contribution < 1.29 is 14.4 Å². The Hall–Kier alpha value is -5.41. The highest BCUT2D eigenvalue weighted by molar-refractivity contribution is 6.38. The zero-order chi connectivity index (χ0) is 28.1. The topological polar surface area (TPSA) is 51.2 Å². The number of fused-ring (bicyclic) bond motifs is 3. The minimum atomic E-state index is -0.240. The number of rotatable bonds is 6. The van der Waals surface area contributed by atoms with Crippen molar-refractivity contribution in [3.8, 4) is 0 Å². The van der Waals surface area contributed by atoms with E-state index in [9.17, 15) is 14.4 Å². The first-order valence-corrected chi connectivity index (χ1v) is 13.6. The molecule has 2 bridgehead atoms. The Morgan fingerprint density at radius 2 is 0.732 bits per heavy atom. The van der Waals surface area contributed by atoms with E-state index in [2.05, 4.69) is 0 Å². The molecule has 0 N–H and O–H groups in total. The van der Waals surface area contributed by atoms with E-state index >= 15 is 0 Å². The molecule has 8 aromatic carbocycles. The average molecular weight is 529 g/mol. The molecule has 8 rings (SSSR count). The standard InChI is InChI=1S/C38H24O3/c1-23-27-19-11-12-20-28(27)33(36(39)24-13-5-2-6-14-24)32-30-22-21-29(31(23)32)34(37(40)25-15-7-3-8-16-25)35(30)38(41)26-17-9-4-10-18-26/h2-22H,1H3. The molecule has 0 heterocycles. The maximum atomic E-state index is 14.3. The third-order valence-corrected chi connectivity index (χ3v) is 8.01. The third kappa shape index (κ3) is 3.78. The van der Waals surface area contributed by atoms with Gasteiger partial charge < -0.3 is 0 Å². The molecular weight excluding hydrogens is 504 g/mol. The summed E-state index contributed by atoms with van der Waals surface area (Å²) in [5.41, 5.74) is 3.81. The predicted molar refractivity (Wildman–Crippen MR) is 165 cm³/mol. The molecule has 0 aliphatic heterocycles. The molecule has 0 unspecified atom stereocenters. The molecular formula is C38H24O3. The first-order valence-electron chi connectivity index (χ1n) is 13.6. The maximum Gasteiger partial charge on any atom is 0.194 e. The normalized spacial score (nSPS) is 11.3. The zero-order valence-corrected chi connectivity index (χ0v) is 22.3. The molecule has 0 aliphatic carbocycles. The molecule has 3 heteroatoms. The molecule has 0 amide bonds. The van der Waals surface area contributed by atoms with Crippen molar-refractivity contribution in [2.75, 3.05) is 0 Å². The van der Waals surface area contributed by atoms with Crippen LogP contribution in [-0.4, -0.2) is 17.3 Å². The summed E-state index contributed by atoms with van der Waals surface area (Å²) in [6.45, 7) is 2.03. The Morgan fingerprint density at radius 3 is 1.20 bits per heavy atom. The second kappa shape index (κ2) is 9.65. The summed E-state index contributed by atoms with van der Waals surface area (Å²) in [6, 6.07) is 39.0. The lowest BCUT2D eigenvalue weighted by molar-refractivity contribution is 0.101. The van der Waals surface area contributed by atoms with Crippen LogP contribution in [0, 0.1) is 6.92 Å². The highest BCUT2D eigenvalue weighted by Gasteiger charge is 2.31. The molecule has 0 atom stereocenters. The molecule has 0 fully saturated rings. The van der Waals surface area contributed by atoms with Gasteiger partial charge >= 0.3 is 0 Å². The number of ketones is 3. The highest BCUT2D eigenvalue weighted by Crippen LogP contribution is 2.44. The van der Waals surface area contributed by atoms with Gasteiger partial charge in [-0.25, -0.2) is 0 Å². The molecule has 0 radical (unpaired) electrons. The Morgan fingerprint density at radius 1 is 0.366 bits per heavy atom. The average Bonchev–Trinajstić information content (AvgIpc) is 3.05. The van der Waals surface area contributed by atoms with Gasteiger partial charge in [-0.2, -0.15) is 0 Å². The van der Waals surface area contributed by atoms with Crippen molar-refractivity contribution in [2.24, 2.45) is 0 Å². The van der Waals surface area contributed by atoms with Gasteiger partial charge in [0.1, 0.15) is 0 Å². The van der Waals surface area contributed by atoms with Crippen LogP contribution in [-0.2, 0) is 0 Å². The Labute approximate surface area is 237 Å². The van der Waals surface area contributed by atoms with Crippen LogP contribution >= 0.6 is 0 Å². The van der Waals surface area contributed by atoms with Crippen molar-refractivity contribution in [2.45, 2.75) is 6.92 Å². The van der Waals surface area contributed by atoms with Crippen LogP contribution in [0.3, 0.4) is 0 Å². The Balaban J connectivity index is 1.67. The molecule has 0 spiro atoms. The lowest BCUT2D eigenvalue weighted by Gasteiger charge is -2.23. The fourth-order valence-corrected chi connectivity index (χ4v) is 6.14. The van der Waals surface area contributed by atoms with Gasteiger partial charge in [-0.3, -0.25) is 14.4 Å². The molecule has 0 saturated carbocycles. The first-order chi connectivity index (χ1) is 20.1. The van der Waals surface area contributed by atoms with Crippen molar-refractivity contribution in [3.63, 3.8) is 0 Å². The third-order valence-electron chi connectivity index (χ3n) is 8.01. The number of aryl methyl sites for hydroxylation is 1. The van der Waals surface area contributed by atoms with E-state index < -0.39 is 0 Å². The number of hydrogen-bond donors (Lipinski definition) is 0. The fraction of sp³-hybridized carbons (Fsp3) is 0.0263. The number of carbonyl (C=O) groups excluding carboxylic acids is 3. The van der Waals surface area contributed by atoms with Crippen LogP contribution in [0.1, 0.15) is 53.3 Å². The lowest BCUT2D eigenvalue weighted by Crippen LogP contribution is -2.15. The number of benzene rings is 8. The minimum absolute atomic E-state index is 0.116. The molecule has 41 heavy (non-hydrogen) atoms. The van der Waals surface area contributed by atoms with Crippen LogP contribution in [0.25, 0.3) is 32.3 Å². The first kappa shape index (κ1) is 24.6. The highest BCUT2D eigenvalue weighted by atomic mass is 16.1. The van der Waals surface area contributed by atoms with Crippen molar-refractivity contribution in [1.82, 2.24) is 0 Å². The Bertz CT molecular complexity index is 2130. The summed E-state index contributed by atoms with van der Waals surface area (Å²) in [5, 5.41) is 4.61. The van der Waals surface area contributed by atoms with E-state index in [1.165, 1.54) is 0 Å². The zero-order valence-electron chi connectivity index (χ0n) is 22.3. The van der Waals surface area contributed by atoms with E-state index in [0.717, 1.165) is 27.1 Å².